The highest BCUT2D eigenvalue weighted by atomic mass is 35.5. The van der Waals surface area contributed by atoms with Crippen molar-refractivity contribution in [1.29, 1.82) is 0 Å². The molecular weight excluding hydrogens is 407 g/mol. The Morgan fingerprint density at radius 3 is 2.57 bits per heavy atom. The van der Waals surface area contributed by atoms with Gasteiger partial charge in [0.25, 0.3) is 0 Å². The minimum absolute atomic E-state index is 0.373. The maximum Gasteiger partial charge on any atom is 0.416 e. The minimum atomic E-state index is -4.35. The average molecular weight is 420 g/mol. The van der Waals surface area contributed by atoms with Crippen molar-refractivity contribution in [2.24, 2.45) is 0 Å². The van der Waals surface area contributed by atoms with Crippen molar-refractivity contribution in [3.8, 4) is 11.3 Å². The van der Waals surface area contributed by atoms with Crippen molar-refractivity contribution in [2.75, 3.05) is 0 Å². The lowest BCUT2D eigenvalue weighted by Crippen LogP contribution is -2.04. The van der Waals surface area contributed by atoms with Crippen molar-refractivity contribution in [3.63, 3.8) is 0 Å². The van der Waals surface area contributed by atoms with Crippen molar-refractivity contribution < 1.29 is 13.2 Å². The lowest BCUT2D eigenvalue weighted by molar-refractivity contribution is -0.137. The fourth-order valence-corrected chi connectivity index (χ4v) is 3.80. The van der Waals surface area contributed by atoms with E-state index in [2.05, 4.69) is 10.1 Å². The van der Waals surface area contributed by atoms with Crippen LogP contribution in [-0.2, 0) is 11.9 Å². The van der Waals surface area contributed by atoms with E-state index in [1.54, 1.807) is 35.1 Å². The molecule has 2 heterocycles. The Kier molecular flexibility index (Phi) is 5.03. The van der Waals surface area contributed by atoms with Gasteiger partial charge in [-0.15, -0.1) is 0 Å². The highest BCUT2D eigenvalue weighted by Crippen LogP contribution is 2.32. The van der Waals surface area contributed by atoms with Gasteiger partial charge in [-0.05, 0) is 29.8 Å². The number of hydrogen-bond acceptors (Lipinski definition) is 3. The molecule has 0 radical (unpaired) electrons. The zero-order valence-electron chi connectivity index (χ0n) is 14.3. The van der Waals surface area contributed by atoms with Gasteiger partial charge < -0.3 is 0 Å². The zero-order valence-corrected chi connectivity index (χ0v) is 15.9. The molecule has 0 bridgehead atoms. The molecule has 0 atom stereocenters. The van der Waals surface area contributed by atoms with Gasteiger partial charge >= 0.3 is 6.18 Å². The third-order valence-electron chi connectivity index (χ3n) is 4.12. The van der Waals surface area contributed by atoms with E-state index >= 15 is 0 Å². The third-order valence-corrected chi connectivity index (χ3v) is 5.44. The van der Waals surface area contributed by atoms with Crippen LogP contribution >= 0.6 is 23.4 Å². The standard InChI is InChI=1S/C20H13ClF3N3S/c21-16-6-4-14(5-7-16)17-11-18-19(25-8-9-27(18)26-17)28-12-13-2-1-3-15(10-13)20(22,23)24/h1-11H,12H2. The highest BCUT2D eigenvalue weighted by molar-refractivity contribution is 7.98. The Labute approximate surface area is 168 Å². The van der Waals surface area contributed by atoms with Crippen LogP contribution in [0.3, 0.4) is 0 Å². The van der Waals surface area contributed by atoms with E-state index < -0.39 is 11.7 Å². The Hall–Kier alpha value is -2.51. The summed E-state index contributed by atoms with van der Waals surface area (Å²) in [7, 11) is 0. The van der Waals surface area contributed by atoms with E-state index in [9.17, 15) is 13.2 Å². The first kappa shape index (κ1) is 18.8. The highest BCUT2D eigenvalue weighted by Gasteiger charge is 2.30. The monoisotopic (exact) mass is 419 g/mol. The van der Waals surface area contributed by atoms with Gasteiger partial charge in [0, 0.05) is 28.7 Å². The number of aromatic nitrogens is 3. The SMILES string of the molecule is FC(F)(F)c1cccc(CSc2nccn3nc(-c4ccc(Cl)cc4)cc23)c1. The van der Waals surface area contributed by atoms with Crippen molar-refractivity contribution in [1.82, 2.24) is 14.6 Å². The number of fused-ring (bicyclic) bond motifs is 1. The van der Waals surface area contributed by atoms with Gasteiger partial charge in [-0.3, -0.25) is 0 Å². The lowest BCUT2D eigenvalue weighted by Gasteiger charge is -2.08. The van der Waals surface area contributed by atoms with E-state index in [0.717, 1.165) is 22.8 Å². The average Bonchev–Trinajstić information content (AvgIpc) is 3.11. The van der Waals surface area contributed by atoms with Gasteiger partial charge in [-0.25, -0.2) is 9.50 Å². The normalized spacial score (nSPS) is 11.9. The molecule has 0 saturated heterocycles. The van der Waals surface area contributed by atoms with E-state index in [1.165, 1.54) is 23.9 Å². The molecule has 0 aliphatic heterocycles. The first-order chi connectivity index (χ1) is 13.4. The van der Waals surface area contributed by atoms with Gasteiger partial charge in [0.05, 0.1) is 16.8 Å². The van der Waals surface area contributed by atoms with Crippen LogP contribution in [0.15, 0.2) is 72.0 Å². The Bertz CT molecular complexity index is 1120. The molecule has 4 aromatic rings. The molecule has 0 fully saturated rings. The largest absolute Gasteiger partial charge is 0.416 e. The first-order valence-electron chi connectivity index (χ1n) is 8.29. The zero-order chi connectivity index (χ0) is 19.7. The number of benzene rings is 2. The molecular formula is C20H13ClF3N3S. The molecule has 142 valence electrons. The van der Waals surface area contributed by atoms with Crippen LogP contribution in [0.5, 0.6) is 0 Å². The second kappa shape index (κ2) is 7.48. The van der Waals surface area contributed by atoms with Crippen LogP contribution in [0, 0.1) is 0 Å². The quantitative estimate of drug-likeness (QED) is 0.360. The molecule has 2 aromatic carbocycles. The van der Waals surface area contributed by atoms with Crippen molar-refractivity contribution in [2.45, 2.75) is 17.0 Å². The number of nitrogens with zero attached hydrogens (tertiary/aromatic N) is 3. The number of rotatable bonds is 4. The minimum Gasteiger partial charge on any atom is -0.246 e. The van der Waals surface area contributed by atoms with Crippen LogP contribution in [0.4, 0.5) is 13.2 Å². The summed E-state index contributed by atoms with van der Waals surface area (Å²) >= 11 is 7.31. The molecule has 3 nitrogen and oxygen atoms in total. The summed E-state index contributed by atoms with van der Waals surface area (Å²) in [4.78, 5) is 4.37. The van der Waals surface area contributed by atoms with Gasteiger partial charge in [-0.1, -0.05) is 53.7 Å². The summed E-state index contributed by atoms with van der Waals surface area (Å²) in [5, 5.41) is 5.89. The third kappa shape index (κ3) is 4.00. The molecule has 0 amide bonds. The van der Waals surface area contributed by atoms with Crippen LogP contribution in [0.2, 0.25) is 5.02 Å². The topological polar surface area (TPSA) is 30.2 Å². The number of alkyl halides is 3. The molecule has 0 unspecified atom stereocenters. The molecule has 0 N–H and O–H groups in total. The smallest absolute Gasteiger partial charge is 0.246 e. The first-order valence-corrected chi connectivity index (χ1v) is 9.66. The fraction of sp³-hybridized carbons (Fsp3) is 0.100. The predicted molar refractivity (Wildman–Crippen MR) is 104 cm³/mol. The van der Waals surface area contributed by atoms with E-state index in [1.807, 2.05) is 18.2 Å². The molecule has 2 aromatic heterocycles. The molecule has 4 rings (SSSR count). The molecule has 0 aliphatic rings. The fourth-order valence-electron chi connectivity index (χ4n) is 2.76. The van der Waals surface area contributed by atoms with Crippen LogP contribution in [0.1, 0.15) is 11.1 Å². The van der Waals surface area contributed by atoms with E-state index in [4.69, 9.17) is 11.6 Å². The Morgan fingerprint density at radius 1 is 1.04 bits per heavy atom. The summed E-state index contributed by atoms with van der Waals surface area (Å²) < 4.78 is 40.4. The second-order valence-electron chi connectivity index (χ2n) is 6.09. The van der Waals surface area contributed by atoms with Gasteiger partial charge in [0.2, 0.25) is 0 Å². The Morgan fingerprint density at radius 2 is 1.82 bits per heavy atom. The summed E-state index contributed by atoms with van der Waals surface area (Å²) in [5.74, 6) is 0.373. The second-order valence-corrected chi connectivity index (χ2v) is 7.49. The molecule has 8 heteroatoms. The molecule has 0 spiro atoms. The van der Waals surface area contributed by atoms with Gasteiger partial charge in [-0.2, -0.15) is 18.3 Å². The predicted octanol–water partition coefficient (Wildman–Crippen LogP) is 6.36. The Balaban J connectivity index is 1.60. The summed E-state index contributed by atoms with van der Waals surface area (Å²) in [5.41, 5.74) is 2.42. The van der Waals surface area contributed by atoms with Crippen molar-refractivity contribution >= 4 is 28.9 Å². The van der Waals surface area contributed by atoms with Crippen LogP contribution in [0.25, 0.3) is 16.8 Å². The number of hydrogen-bond donors (Lipinski definition) is 0. The summed E-state index contributed by atoms with van der Waals surface area (Å²) in [6, 6.07) is 14.6. The van der Waals surface area contributed by atoms with E-state index in [0.29, 0.717) is 21.4 Å². The summed E-state index contributed by atoms with van der Waals surface area (Å²) in [6.07, 6.45) is -0.985. The lowest BCUT2D eigenvalue weighted by atomic mass is 10.1. The number of halogens is 4. The molecule has 28 heavy (non-hydrogen) atoms. The van der Waals surface area contributed by atoms with Crippen LogP contribution in [-0.4, -0.2) is 14.6 Å². The van der Waals surface area contributed by atoms with Gasteiger partial charge in [0.15, 0.2) is 0 Å². The number of thioether (sulfide) groups is 1. The molecule has 0 saturated carbocycles. The van der Waals surface area contributed by atoms with Gasteiger partial charge in [0.1, 0.15) is 5.03 Å². The van der Waals surface area contributed by atoms with E-state index in [-0.39, 0.29) is 0 Å². The van der Waals surface area contributed by atoms with Crippen LogP contribution < -0.4 is 0 Å². The summed E-state index contributed by atoms with van der Waals surface area (Å²) in [6.45, 7) is 0. The maximum atomic E-state index is 12.9. The maximum absolute atomic E-state index is 12.9. The van der Waals surface area contributed by atoms with Crippen molar-refractivity contribution in [3.05, 3.63) is 83.1 Å². The molecule has 0 aliphatic carbocycles.